The fourth-order valence-electron chi connectivity index (χ4n) is 3.53. The lowest BCUT2D eigenvalue weighted by atomic mass is 10.1. The zero-order valence-electron chi connectivity index (χ0n) is 15.8. The van der Waals surface area contributed by atoms with Gasteiger partial charge in [-0.1, -0.05) is 12.1 Å². The SMILES string of the molecule is CCN(CC)c1ccc(CN(C(=O)c2ccco2)[C@@H]2CCS(=O)(=O)C2)cc1. The Bertz CT molecular complexity index is 856. The second kappa shape index (κ2) is 8.17. The zero-order valence-corrected chi connectivity index (χ0v) is 16.6. The normalized spacial score (nSPS) is 18.4. The zero-order chi connectivity index (χ0) is 19.4. The maximum Gasteiger partial charge on any atom is 0.290 e. The number of rotatable bonds is 7. The smallest absolute Gasteiger partial charge is 0.290 e. The third-order valence-corrected chi connectivity index (χ3v) is 6.81. The molecular weight excluding hydrogens is 364 g/mol. The summed E-state index contributed by atoms with van der Waals surface area (Å²) in [5, 5.41) is 0. The van der Waals surface area contributed by atoms with E-state index < -0.39 is 9.84 Å². The van der Waals surface area contributed by atoms with Crippen molar-refractivity contribution in [1.29, 1.82) is 0 Å². The molecule has 0 unspecified atom stereocenters. The van der Waals surface area contributed by atoms with Gasteiger partial charge in [0.2, 0.25) is 0 Å². The molecule has 7 heteroatoms. The minimum Gasteiger partial charge on any atom is -0.459 e. The van der Waals surface area contributed by atoms with Crippen molar-refractivity contribution in [2.24, 2.45) is 0 Å². The van der Waals surface area contributed by atoms with Crippen molar-refractivity contribution < 1.29 is 17.6 Å². The van der Waals surface area contributed by atoms with Crippen LogP contribution in [0.2, 0.25) is 0 Å². The van der Waals surface area contributed by atoms with Gasteiger partial charge in [0.15, 0.2) is 15.6 Å². The Morgan fingerprint density at radius 3 is 2.37 bits per heavy atom. The van der Waals surface area contributed by atoms with E-state index in [9.17, 15) is 13.2 Å². The van der Waals surface area contributed by atoms with Crippen LogP contribution in [-0.4, -0.2) is 49.9 Å². The summed E-state index contributed by atoms with van der Waals surface area (Å²) in [6.45, 7) is 6.44. The number of amides is 1. The van der Waals surface area contributed by atoms with E-state index in [4.69, 9.17) is 4.42 Å². The van der Waals surface area contributed by atoms with E-state index in [0.29, 0.717) is 13.0 Å². The lowest BCUT2D eigenvalue weighted by molar-refractivity contribution is 0.0648. The molecule has 0 aliphatic carbocycles. The fraction of sp³-hybridized carbons (Fsp3) is 0.450. The van der Waals surface area contributed by atoms with Gasteiger partial charge < -0.3 is 14.2 Å². The predicted octanol–water partition coefficient (Wildman–Crippen LogP) is 2.96. The molecule has 3 rings (SSSR count). The molecule has 1 aromatic heterocycles. The van der Waals surface area contributed by atoms with Crippen LogP contribution in [0.15, 0.2) is 47.1 Å². The number of anilines is 1. The highest BCUT2D eigenvalue weighted by atomic mass is 32.2. The number of sulfone groups is 1. The van der Waals surface area contributed by atoms with Crippen LogP contribution in [0.5, 0.6) is 0 Å². The van der Waals surface area contributed by atoms with E-state index in [1.165, 1.54) is 6.26 Å². The van der Waals surface area contributed by atoms with Gasteiger partial charge in [0.1, 0.15) is 0 Å². The average Bonchev–Trinajstić information content (AvgIpc) is 3.31. The van der Waals surface area contributed by atoms with E-state index in [0.717, 1.165) is 24.3 Å². The molecule has 1 aliphatic heterocycles. The summed E-state index contributed by atoms with van der Waals surface area (Å²) in [4.78, 5) is 16.8. The molecule has 2 aromatic rings. The standard InChI is InChI=1S/C20H26N2O4S/c1-3-21(4-2)17-9-7-16(8-10-17)14-22(18-11-13-27(24,25)15-18)20(23)19-6-5-12-26-19/h5-10,12,18H,3-4,11,13-15H2,1-2H3/t18-/m1/s1. The van der Waals surface area contributed by atoms with Gasteiger partial charge in [-0.2, -0.15) is 0 Å². The summed E-state index contributed by atoms with van der Waals surface area (Å²) in [6, 6.07) is 11.0. The van der Waals surface area contributed by atoms with Crippen LogP contribution in [-0.2, 0) is 16.4 Å². The molecule has 1 atom stereocenters. The van der Waals surface area contributed by atoms with Gasteiger partial charge in [-0.15, -0.1) is 0 Å². The molecule has 0 N–H and O–H groups in total. The number of hydrogen-bond acceptors (Lipinski definition) is 5. The highest BCUT2D eigenvalue weighted by Gasteiger charge is 2.35. The van der Waals surface area contributed by atoms with Gasteiger partial charge >= 0.3 is 0 Å². The van der Waals surface area contributed by atoms with Gasteiger partial charge in [-0.25, -0.2) is 8.42 Å². The molecule has 27 heavy (non-hydrogen) atoms. The summed E-state index contributed by atoms with van der Waals surface area (Å²) < 4.78 is 29.1. The van der Waals surface area contributed by atoms with E-state index in [-0.39, 0.29) is 29.2 Å². The number of carbonyl (C=O) groups excluding carboxylic acids is 1. The van der Waals surface area contributed by atoms with Gasteiger partial charge in [-0.05, 0) is 50.1 Å². The molecule has 2 heterocycles. The second-order valence-electron chi connectivity index (χ2n) is 6.81. The van der Waals surface area contributed by atoms with Crippen LogP contribution >= 0.6 is 0 Å². The molecule has 1 amide bonds. The molecule has 0 spiro atoms. The summed E-state index contributed by atoms with van der Waals surface area (Å²) in [5.74, 6) is 0.103. The van der Waals surface area contributed by atoms with Crippen molar-refractivity contribution in [2.75, 3.05) is 29.5 Å². The molecule has 1 aromatic carbocycles. The summed E-state index contributed by atoms with van der Waals surface area (Å²) in [5.41, 5.74) is 2.10. The third-order valence-electron chi connectivity index (χ3n) is 5.06. The Morgan fingerprint density at radius 1 is 1.15 bits per heavy atom. The fourth-order valence-corrected chi connectivity index (χ4v) is 5.26. The Morgan fingerprint density at radius 2 is 1.85 bits per heavy atom. The van der Waals surface area contributed by atoms with E-state index >= 15 is 0 Å². The van der Waals surface area contributed by atoms with Crippen molar-refractivity contribution >= 4 is 21.4 Å². The van der Waals surface area contributed by atoms with E-state index in [1.54, 1.807) is 17.0 Å². The van der Waals surface area contributed by atoms with Crippen molar-refractivity contribution in [2.45, 2.75) is 32.9 Å². The third kappa shape index (κ3) is 4.53. The van der Waals surface area contributed by atoms with Crippen LogP contribution in [0.3, 0.4) is 0 Å². The van der Waals surface area contributed by atoms with E-state index in [2.05, 4.69) is 18.7 Å². The van der Waals surface area contributed by atoms with Gasteiger partial charge in [-0.3, -0.25) is 4.79 Å². The molecule has 1 aliphatic rings. The highest BCUT2D eigenvalue weighted by Crippen LogP contribution is 2.23. The first-order valence-electron chi connectivity index (χ1n) is 9.32. The van der Waals surface area contributed by atoms with E-state index in [1.807, 2.05) is 24.3 Å². The number of furan rings is 1. The second-order valence-corrected chi connectivity index (χ2v) is 9.03. The number of carbonyl (C=O) groups is 1. The van der Waals surface area contributed by atoms with Crippen molar-refractivity contribution in [3.63, 3.8) is 0 Å². The van der Waals surface area contributed by atoms with Gasteiger partial charge in [0.25, 0.3) is 5.91 Å². The minimum absolute atomic E-state index is 0.0109. The molecule has 1 saturated heterocycles. The Kier molecular flexibility index (Phi) is 5.89. The lowest BCUT2D eigenvalue weighted by Crippen LogP contribution is -2.40. The Balaban J connectivity index is 1.82. The van der Waals surface area contributed by atoms with Crippen molar-refractivity contribution in [3.8, 4) is 0 Å². The maximum absolute atomic E-state index is 12.9. The molecule has 0 bridgehead atoms. The topological polar surface area (TPSA) is 70.8 Å². The highest BCUT2D eigenvalue weighted by molar-refractivity contribution is 7.91. The monoisotopic (exact) mass is 390 g/mol. The molecule has 0 radical (unpaired) electrons. The first-order chi connectivity index (χ1) is 12.9. The molecule has 0 saturated carbocycles. The quantitative estimate of drug-likeness (QED) is 0.727. The average molecular weight is 391 g/mol. The Hall–Kier alpha value is -2.28. The predicted molar refractivity (Wildman–Crippen MR) is 106 cm³/mol. The summed E-state index contributed by atoms with van der Waals surface area (Å²) in [7, 11) is -3.09. The lowest BCUT2D eigenvalue weighted by Gasteiger charge is -2.28. The molecule has 6 nitrogen and oxygen atoms in total. The van der Waals surface area contributed by atoms with Crippen LogP contribution in [0.25, 0.3) is 0 Å². The molecule has 146 valence electrons. The van der Waals surface area contributed by atoms with Crippen molar-refractivity contribution in [3.05, 3.63) is 54.0 Å². The Labute approximate surface area is 160 Å². The van der Waals surface area contributed by atoms with Gasteiger partial charge in [0, 0.05) is 31.4 Å². The number of nitrogens with zero attached hydrogens (tertiary/aromatic N) is 2. The van der Waals surface area contributed by atoms with Crippen LogP contribution < -0.4 is 4.90 Å². The minimum atomic E-state index is -3.09. The number of hydrogen-bond donors (Lipinski definition) is 0. The first-order valence-corrected chi connectivity index (χ1v) is 11.1. The van der Waals surface area contributed by atoms with Gasteiger partial charge in [0.05, 0.1) is 17.8 Å². The number of benzene rings is 1. The molecular formula is C20H26N2O4S. The van der Waals surface area contributed by atoms with Crippen molar-refractivity contribution in [1.82, 2.24) is 4.90 Å². The maximum atomic E-state index is 12.9. The van der Waals surface area contributed by atoms with Crippen LogP contribution in [0.1, 0.15) is 36.4 Å². The largest absolute Gasteiger partial charge is 0.459 e. The summed E-state index contributed by atoms with van der Waals surface area (Å²) >= 11 is 0. The van der Waals surface area contributed by atoms with Crippen LogP contribution in [0.4, 0.5) is 5.69 Å². The van der Waals surface area contributed by atoms with Crippen LogP contribution in [0, 0.1) is 0 Å². The summed E-state index contributed by atoms with van der Waals surface area (Å²) in [6.07, 6.45) is 1.92. The molecule has 1 fully saturated rings. The first kappa shape index (κ1) is 19.5.